The van der Waals surface area contributed by atoms with Gasteiger partial charge in [0.2, 0.25) is 0 Å². The van der Waals surface area contributed by atoms with Crippen molar-refractivity contribution in [1.82, 2.24) is 9.88 Å². The highest BCUT2D eigenvalue weighted by Gasteiger charge is 2.22. The van der Waals surface area contributed by atoms with Crippen molar-refractivity contribution in [3.8, 4) is 0 Å². The van der Waals surface area contributed by atoms with Gasteiger partial charge in [0.1, 0.15) is 0 Å². The largest absolute Gasteiger partial charge is 0.348 e. The third kappa shape index (κ3) is 1.76. The van der Waals surface area contributed by atoms with Crippen LogP contribution in [0.3, 0.4) is 0 Å². The maximum atomic E-state index is 4.78. The maximum absolute atomic E-state index is 4.78. The highest BCUT2D eigenvalue weighted by Crippen LogP contribution is 2.31. The van der Waals surface area contributed by atoms with Crippen molar-refractivity contribution in [3.05, 3.63) is 10.6 Å². The molecule has 3 heterocycles. The van der Waals surface area contributed by atoms with Crippen LogP contribution >= 0.6 is 11.3 Å². The monoisotopic (exact) mass is 223 g/mol. The van der Waals surface area contributed by atoms with Gasteiger partial charge < -0.3 is 9.80 Å². The minimum atomic E-state index is 1.10. The summed E-state index contributed by atoms with van der Waals surface area (Å²) < 4.78 is 0. The normalized spacial score (nSPS) is 22.1. The summed E-state index contributed by atoms with van der Waals surface area (Å²) in [5.74, 6) is 0. The molecule has 0 amide bonds. The Morgan fingerprint density at radius 3 is 2.80 bits per heavy atom. The number of thiazole rings is 1. The van der Waals surface area contributed by atoms with Gasteiger partial charge in [-0.25, -0.2) is 4.98 Å². The molecule has 3 rings (SSSR count). The summed E-state index contributed by atoms with van der Waals surface area (Å²) in [4.78, 5) is 11.1. The highest BCUT2D eigenvalue weighted by molar-refractivity contribution is 7.15. The van der Waals surface area contributed by atoms with E-state index in [1.807, 2.05) is 11.3 Å². The van der Waals surface area contributed by atoms with Crippen LogP contribution in [0.5, 0.6) is 0 Å². The Bertz CT molecular complexity index is 355. The summed E-state index contributed by atoms with van der Waals surface area (Å²) in [6, 6.07) is 0. The summed E-state index contributed by atoms with van der Waals surface area (Å²) in [5, 5.41) is 1.27. The topological polar surface area (TPSA) is 19.4 Å². The Labute approximate surface area is 94.7 Å². The number of likely N-dealkylation sites (N-methyl/N-ethyl adjacent to an activating group) is 1. The van der Waals surface area contributed by atoms with Gasteiger partial charge in [-0.3, -0.25) is 0 Å². The Balaban J connectivity index is 1.85. The van der Waals surface area contributed by atoms with Gasteiger partial charge in [0.25, 0.3) is 0 Å². The van der Waals surface area contributed by atoms with Gasteiger partial charge in [-0.1, -0.05) is 0 Å². The number of aromatic nitrogens is 1. The summed E-state index contributed by atoms with van der Waals surface area (Å²) in [6.07, 6.45) is 3.81. The first-order valence-electron chi connectivity index (χ1n) is 5.75. The molecule has 1 aromatic heterocycles. The summed E-state index contributed by atoms with van der Waals surface area (Å²) in [6.45, 7) is 4.68. The fraction of sp³-hybridized carbons (Fsp3) is 0.727. The number of hydrogen-bond acceptors (Lipinski definition) is 4. The van der Waals surface area contributed by atoms with Crippen LogP contribution in [0.1, 0.15) is 23.4 Å². The minimum absolute atomic E-state index is 1.10. The number of hydrogen-bond donors (Lipinski definition) is 0. The zero-order valence-electron chi connectivity index (χ0n) is 9.20. The fourth-order valence-electron chi connectivity index (χ4n) is 2.35. The van der Waals surface area contributed by atoms with E-state index >= 15 is 0 Å². The molecule has 0 radical (unpaired) electrons. The lowest BCUT2D eigenvalue weighted by molar-refractivity contribution is 0.314. The molecule has 15 heavy (non-hydrogen) atoms. The van der Waals surface area contributed by atoms with Crippen molar-refractivity contribution < 1.29 is 0 Å². The van der Waals surface area contributed by atoms with Crippen molar-refractivity contribution in [3.63, 3.8) is 0 Å². The molecule has 0 aromatic carbocycles. The zero-order valence-corrected chi connectivity index (χ0v) is 10.0. The van der Waals surface area contributed by atoms with Crippen LogP contribution in [0.4, 0.5) is 5.13 Å². The average Bonchev–Trinajstić information content (AvgIpc) is 2.84. The first-order chi connectivity index (χ1) is 7.33. The molecular formula is C11H17N3S. The predicted octanol–water partition coefficient (Wildman–Crippen LogP) is 1.73. The van der Waals surface area contributed by atoms with Gasteiger partial charge in [0.05, 0.1) is 5.69 Å². The van der Waals surface area contributed by atoms with E-state index in [0.29, 0.717) is 0 Å². The van der Waals surface area contributed by atoms with E-state index in [1.54, 1.807) is 0 Å². The zero-order chi connectivity index (χ0) is 10.3. The molecule has 2 aliphatic rings. The van der Waals surface area contributed by atoms with Gasteiger partial charge in [0, 0.05) is 37.5 Å². The van der Waals surface area contributed by atoms with E-state index in [-0.39, 0.29) is 0 Å². The molecule has 0 bridgehead atoms. The van der Waals surface area contributed by atoms with Crippen LogP contribution in [0.25, 0.3) is 0 Å². The van der Waals surface area contributed by atoms with Crippen LogP contribution in [-0.2, 0) is 13.0 Å². The van der Waals surface area contributed by atoms with Crippen LogP contribution in [-0.4, -0.2) is 36.6 Å². The SMILES string of the molecule is CN1CCc2nc(N3CCCC3)sc2C1. The van der Waals surface area contributed by atoms with E-state index in [4.69, 9.17) is 4.98 Å². The van der Waals surface area contributed by atoms with Crippen molar-refractivity contribution in [2.45, 2.75) is 25.8 Å². The Morgan fingerprint density at radius 2 is 2.00 bits per heavy atom. The van der Waals surface area contributed by atoms with Crippen LogP contribution < -0.4 is 4.90 Å². The molecule has 1 aromatic rings. The number of anilines is 1. The van der Waals surface area contributed by atoms with Crippen LogP contribution in [0.2, 0.25) is 0 Å². The fourth-order valence-corrected chi connectivity index (χ4v) is 3.59. The molecule has 0 N–H and O–H groups in total. The lowest BCUT2D eigenvalue weighted by atomic mass is 10.2. The second-order valence-corrected chi connectivity index (χ2v) is 5.61. The van der Waals surface area contributed by atoms with E-state index in [0.717, 1.165) is 19.5 Å². The Kier molecular flexibility index (Phi) is 2.41. The quantitative estimate of drug-likeness (QED) is 0.723. The Morgan fingerprint density at radius 1 is 1.20 bits per heavy atom. The molecular weight excluding hydrogens is 206 g/mol. The number of fused-ring (bicyclic) bond motifs is 1. The van der Waals surface area contributed by atoms with Crippen molar-refractivity contribution in [2.75, 3.05) is 31.6 Å². The third-order valence-electron chi connectivity index (χ3n) is 3.29. The van der Waals surface area contributed by atoms with Gasteiger partial charge in [-0.05, 0) is 19.9 Å². The summed E-state index contributed by atoms with van der Waals surface area (Å²) >= 11 is 1.91. The molecule has 0 spiro atoms. The minimum Gasteiger partial charge on any atom is -0.348 e. The van der Waals surface area contributed by atoms with Crippen molar-refractivity contribution in [1.29, 1.82) is 0 Å². The first-order valence-corrected chi connectivity index (χ1v) is 6.56. The van der Waals surface area contributed by atoms with Gasteiger partial charge in [0.15, 0.2) is 5.13 Å². The second-order valence-electron chi connectivity index (χ2n) is 4.55. The average molecular weight is 223 g/mol. The van der Waals surface area contributed by atoms with Crippen LogP contribution in [0, 0.1) is 0 Å². The molecule has 1 saturated heterocycles. The lowest BCUT2D eigenvalue weighted by Gasteiger charge is -2.20. The number of nitrogens with zero attached hydrogens (tertiary/aromatic N) is 3. The predicted molar refractivity (Wildman–Crippen MR) is 63.6 cm³/mol. The van der Waals surface area contributed by atoms with Crippen molar-refractivity contribution in [2.24, 2.45) is 0 Å². The molecule has 0 saturated carbocycles. The van der Waals surface area contributed by atoms with Crippen molar-refractivity contribution >= 4 is 16.5 Å². The Hall–Kier alpha value is -0.610. The molecule has 1 fully saturated rings. The molecule has 82 valence electrons. The molecule has 3 nitrogen and oxygen atoms in total. The summed E-state index contributed by atoms with van der Waals surface area (Å²) in [5.41, 5.74) is 1.36. The molecule has 4 heteroatoms. The maximum Gasteiger partial charge on any atom is 0.185 e. The van der Waals surface area contributed by atoms with E-state index in [9.17, 15) is 0 Å². The van der Waals surface area contributed by atoms with Gasteiger partial charge >= 0.3 is 0 Å². The summed E-state index contributed by atoms with van der Waals surface area (Å²) in [7, 11) is 2.19. The van der Waals surface area contributed by atoms with Gasteiger partial charge in [-0.15, -0.1) is 11.3 Å². The second kappa shape index (κ2) is 3.76. The van der Waals surface area contributed by atoms with E-state index in [1.165, 1.54) is 41.6 Å². The smallest absolute Gasteiger partial charge is 0.185 e. The standard InChI is InChI=1S/C11H17N3S/c1-13-7-4-9-10(8-13)15-11(12-9)14-5-2-3-6-14/h2-8H2,1H3. The lowest BCUT2D eigenvalue weighted by Crippen LogP contribution is -2.25. The van der Waals surface area contributed by atoms with E-state index < -0.39 is 0 Å². The molecule has 0 aliphatic carbocycles. The van der Waals surface area contributed by atoms with Crippen LogP contribution in [0.15, 0.2) is 0 Å². The highest BCUT2D eigenvalue weighted by atomic mass is 32.1. The molecule has 0 atom stereocenters. The first kappa shape index (κ1) is 9.60. The number of rotatable bonds is 1. The van der Waals surface area contributed by atoms with Gasteiger partial charge in [-0.2, -0.15) is 0 Å². The van der Waals surface area contributed by atoms with E-state index in [2.05, 4.69) is 16.8 Å². The molecule has 0 unspecified atom stereocenters. The molecule has 2 aliphatic heterocycles. The third-order valence-corrected chi connectivity index (χ3v) is 4.43.